The number of benzene rings is 2. The third-order valence-corrected chi connectivity index (χ3v) is 10.8. The lowest BCUT2D eigenvalue weighted by Gasteiger charge is -2.38. The summed E-state index contributed by atoms with van der Waals surface area (Å²) in [6.07, 6.45) is 5.36. The molecule has 0 radical (unpaired) electrons. The number of hydrogen-bond donors (Lipinski definition) is 1. The maximum Gasteiger partial charge on any atom is 0.243 e. The van der Waals surface area contributed by atoms with Gasteiger partial charge in [-0.1, -0.05) is 25.8 Å². The highest BCUT2D eigenvalue weighted by Crippen LogP contribution is 2.35. The third-order valence-electron chi connectivity index (χ3n) is 7.49. The Balaban J connectivity index is 1.60. The topological polar surface area (TPSA) is 111 Å². The molecule has 4 rings (SSSR count). The van der Waals surface area contributed by atoms with Gasteiger partial charge in [0.25, 0.3) is 0 Å². The molecule has 0 bridgehead atoms. The van der Waals surface area contributed by atoms with Crippen LogP contribution in [-0.2, 0) is 31.3 Å². The normalized spacial score (nSPS) is 22.5. The molecule has 2 aromatic carbocycles. The Kier molecular flexibility index (Phi) is 9.36. The minimum Gasteiger partial charge on any atom is -0.493 e. The van der Waals surface area contributed by atoms with Gasteiger partial charge in [-0.25, -0.2) is 21.6 Å². The molecule has 0 aromatic heterocycles. The number of ether oxygens (including phenoxy) is 3. The Morgan fingerprint density at radius 3 is 2.21 bits per heavy atom. The van der Waals surface area contributed by atoms with Crippen LogP contribution in [-0.4, -0.2) is 60.7 Å². The first kappa shape index (κ1) is 28.8. The lowest BCUT2D eigenvalue weighted by molar-refractivity contribution is 0.114. The number of nitrogens with zero attached hydrogens (tertiary/aromatic N) is 1. The van der Waals surface area contributed by atoms with Crippen molar-refractivity contribution in [3.8, 4) is 11.5 Å². The van der Waals surface area contributed by atoms with Gasteiger partial charge in [-0.2, -0.15) is 4.31 Å². The fraction of sp³-hybridized carbons (Fsp3) is 0.556. The Bertz CT molecular complexity index is 1290. The van der Waals surface area contributed by atoms with Gasteiger partial charge < -0.3 is 14.2 Å². The van der Waals surface area contributed by atoms with Crippen molar-refractivity contribution in [3.05, 3.63) is 48.0 Å². The minimum absolute atomic E-state index is 0.0203. The highest BCUT2D eigenvalue weighted by atomic mass is 32.2. The molecular formula is C27H38N2O7S2. The molecule has 0 amide bonds. The van der Waals surface area contributed by atoms with Gasteiger partial charge >= 0.3 is 0 Å². The van der Waals surface area contributed by atoms with Gasteiger partial charge in [0.2, 0.25) is 20.0 Å². The van der Waals surface area contributed by atoms with E-state index in [1.54, 1.807) is 30.7 Å². The van der Waals surface area contributed by atoms with Gasteiger partial charge in [0, 0.05) is 25.7 Å². The van der Waals surface area contributed by atoms with Crippen molar-refractivity contribution in [2.24, 2.45) is 5.92 Å². The van der Waals surface area contributed by atoms with E-state index in [2.05, 4.69) is 11.6 Å². The van der Waals surface area contributed by atoms with Crippen LogP contribution in [0.2, 0.25) is 0 Å². The van der Waals surface area contributed by atoms with E-state index in [4.69, 9.17) is 14.2 Å². The average Bonchev–Trinajstić information content (AvgIpc) is 3.45. The lowest BCUT2D eigenvalue weighted by Crippen LogP contribution is -2.44. The monoisotopic (exact) mass is 566 g/mol. The SMILES string of the molecule is COc1ccc(CN([C@@H]2CCCC[C@@H]2C)S(=O)(=O)c2ccc(S(=O)(=O)NC[C@@H]3CCCO3)cc2)cc1OC. The second-order valence-corrected chi connectivity index (χ2v) is 13.7. The van der Waals surface area contributed by atoms with Gasteiger partial charge in [-0.3, -0.25) is 0 Å². The first-order valence-electron chi connectivity index (χ1n) is 13.1. The van der Waals surface area contributed by atoms with Crippen molar-refractivity contribution in [2.45, 2.75) is 73.9 Å². The zero-order valence-electron chi connectivity index (χ0n) is 22.3. The van der Waals surface area contributed by atoms with E-state index < -0.39 is 20.0 Å². The largest absolute Gasteiger partial charge is 0.493 e. The van der Waals surface area contributed by atoms with E-state index in [1.807, 2.05) is 6.07 Å². The van der Waals surface area contributed by atoms with Crippen molar-refractivity contribution >= 4 is 20.0 Å². The number of rotatable bonds is 11. The zero-order valence-corrected chi connectivity index (χ0v) is 23.9. The molecule has 2 aromatic rings. The summed E-state index contributed by atoms with van der Waals surface area (Å²) in [5.74, 6) is 1.30. The van der Waals surface area contributed by atoms with Gasteiger partial charge in [-0.05, 0) is 73.6 Å². The molecule has 11 heteroatoms. The molecule has 2 aliphatic rings. The van der Waals surface area contributed by atoms with Crippen molar-refractivity contribution < 1.29 is 31.0 Å². The number of methoxy groups -OCH3 is 2. The summed E-state index contributed by atoms with van der Waals surface area (Å²) >= 11 is 0. The van der Waals surface area contributed by atoms with E-state index in [0.29, 0.717) is 18.1 Å². The molecule has 38 heavy (non-hydrogen) atoms. The summed E-state index contributed by atoms with van der Waals surface area (Å²) < 4.78 is 74.0. The smallest absolute Gasteiger partial charge is 0.243 e. The van der Waals surface area contributed by atoms with Crippen LogP contribution in [0.1, 0.15) is 51.0 Å². The molecule has 1 heterocycles. The standard InChI is InChI=1S/C27H38N2O7S2/c1-20-7-4-5-9-25(20)29(19-21-10-15-26(34-2)27(17-21)35-3)38(32,33)24-13-11-23(12-14-24)37(30,31)28-18-22-8-6-16-36-22/h10-15,17,20,22,25,28H,4-9,16,18-19H2,1-3H3/t20-,22-,25+/m0/s1. The van der Waals surface area contributed by atoms with Crippen LogP contribution in [0.25, 0.3) is 0 Å². The van der Waals surface area contributed by atoms with Gasteiger partial charge in [-0.15, -0.1) is 0 Å². The van der Waals surface area contributed by atoms with Crippen LogP contribution in [0.5, 0.6) is 11.5 Å². The van der Waals surface area contributed by atoms with Gasteiger partial charge in [0.1, 0.15) is 0 Å². The summed E-state index contributed by atoms with van der Waals surface area (Å²) in [7, 11) is -4.61. The number of sulfonamides is 2. The quantitative estimate of drug-likeness (QED) is 0.439. The fourth-order valence-electron chi connectivity index (χ4n) is 5.28. The lowest BCUT2D eigenvalue weighted by atomic mass is 9.86. The molecule has 3 atom stereocenters. The van der Waals surface area contributed by atoms with Crippen LogP contribution in [0.15, 0.2) is 52.3 Å². The zero-order chi connectivity index (χ0) is 27.3. The Morgan fingerprint density at radius 1 is 0.895 bits per heavy atom. The molecule has 1 aliphatic heterocycles. The van der Waals surface area contributed by atoms with Crippen molar-refractivity contribution in [1.82, 2.24) is 9.03 Å². The summed E-state index contributed by atoms with van der Waals surface area (Å²) in [4.78, 5) is 0.0840. The predicted molar refractivity (Wildman–Crippen MR) is 144 cm³/mol. The van der Waals surface area contributed by atoms with Crippen molar-refractivity contribution in [3.63, 3.8) is 0 Å². The summed E-state index contributed by atoms with van der Waals surface area (Å²) in [6, 6.07) is 10.7. The molecule has 210 valence electrons. The summed E-state index contributed by atoms with van der Waals surface area (Å²) in [6.45, 7) is 3.09. The first-order chi connectivity index (χ1) is 18.2. The van der Waals surface area contributed by atoms with Crippen molar-refractivity contribution in [2.75, 3.05) is 27.4 Å². The Hall–Kier alpha value is -2.18. The maximum absolute atomic E-state index is 14.0. The average molecular weight is 567 g/mol. The molecule has 9 nitrogen and oxygen atoms in total. The number of nitrogens with one attached hydrogen (secondary N) is 1. The second kappa shape index (κ2) is 12.3. The van der Waals surface area contributed by atoms with E-state index in [-0.39, 0.29) is 40.9 Å². The van der Waals surface area contributed by atoms with Crippen LogP contribution in [0.3, 0.4) is 0 Å². The molecule has 2 fully saturated rings. The molecule has 1 saturated heterocycles. The fourth-order valence-corrected chi connectivity index (χ4v) is 8.09. The molecule has 1 aliphatic carbocycles. The van der Waals surface area contributed by atoms with E-state index in [0.717, 1.165) is 44.1 Å². The third kappa shape index (κ3) is 6.51. The van der Waals surface area contributed by atoms with E-state index in [9.17, 15) is 16.8 Å². The Morgan fingerprint density at radius 2 is 1.58 bits per heavy atom. The van der Waals surface area contributed by atoms with Gasteiger partial charge in [0.05, 0.1) is 30.1 Å². The predicted octanol–water partition coefficient (Wildman–Crippen LogP) is 3.93. The van der Waals surface area contributed by atoms with Crippen LogP contribution in [0, 0.1) is 5.92 Å². The van der Waals surface area contributed by atoms with Crippen LogP contribution in [0.4, 0.5) is 0 Å². The van der Waals surface area contributed by atoms with E-state index >= 15 is 0 Å². The molecule has 1 saturated carbocycles. The molecular weight excluding hydrogens is 528 g/mol. The Labute approximate surface area is 226 Å². The minimum atomic E-state index is -3.93. The van der Waals surface area contributed by atoms with Crippen molar-refractivity contribution in [1.29, 1.82) is 0 Å². The highest BCUT2D eigenvalue weighted by molar-refractivity contribution is 7.89. The van der Waals surface area contributed by atoms with Crippen LogP contribution < -0.4 is 14.2 Å². The van der Waals surface area contributed by atoms with Gasteiger partial charge in [0.15, 0.2) is 11.5 Å². The first-order valence-corrected chi connectivity index (χ1v) is 16.0. The van der Waals surface area contributed by atoms with Crippen LogP contribution >= 0.6 is 0 Å². The summed E-state index contributed by atoms with van der Waals surface area (Å²) in [5.41, 5.74) is 0.779. The molecule has 0 unspecified atom stereocenters. The van der Waals surface area contributed by atoms with E-state index in [1.165, 1.54) is 24.3 Å². The molecule has 0 spiro atoms. The maximum atomic E-state index is 14.0. The number of hydrogen-bond acceptors (Lipinski definition) is 7. The highest BCUT2D eigenvalue weighted by Gasteiger charge is 2.36. The summed E-state index contributed by atoms with van der Waals surface area (Å²) in [5, 5.41) is 0. The second-order valence-electron chi connectivity index (χ2n) is 10.0. The molecule has 1 N–H and O–H groups in total.